The lowest BCUT2D eigenvalue weighted by Crippen LogP contribution is -2.31. The lowest BCUT2D eigenvalue weighted by Gasteiger charge is -2.26. The highest BCUT2D eigenvalue weighted by Gasteiger charge is 2.09. The number of benzene rings is 1. The maximum absolute atomic E-state index is 8.94. The third kappa shape index (κ3) is 3.75. The van der Waals surface area contributed by atoms with Gasteiger partial charge in [0.25, 0.3) is 0 Å². The van der Waals surface area contributed by atoms with Crippen LogP contribution in [-0.4, -0.2) is 31.1 Å². The molecule has 2 rings (SSSR count). The maximum atomic E-state index is 8.94. The standard InChI is InChI=1S/C15H20N2O/c16-13-14-7-2-3-8-15(14)18-12-6-11-17-9-4-1-5-10-17/h2-3,7-8H,1,4-6,9-12H2. The van der Waals surface area contributed by atoms with Gasteiger partial charge in [-0.1, -0.05) is 18.6 Å². The molecule has 18 heavy (non-hydrogen) atoms. The van der Waals surface area contributed by atoms with Gasteiger partial charge >= 0.3 is 0 Å². The van der Waals surface area contributed by atoms with Crippen molar-refractivity contribution in [2.45, 2.75) is 25.7 Å². The first-order valence-electron chi connectivity index (χ1n) is 6.74. The van der Waals surface area contributed by atoms with Gasteiger partial charge in [-0.15, -0.1) is 0 Å². The van der Waals surface area contributed by atoms with Gasteiger partial charge < -0.3 is 9.64 Å². The summed E-state index contributed by atoms with van der Waals surface area (Å²) >= 11 is 0. The zero-order chi connectivity index (χ0) is 12.6. The molecule has 0 aromatic heterocycles. The number of rotatable bonds is 5. The van der Waals surface area contributed by atoms with Crippen LogP contribution in [0.5, 0.6) is 5.75 Å². The van der Waals surface area contributed by atoms with E-state index in [4.69, 9.17) is 10.00 Å². The van der Waals surface area contributed by atoms with Crippen LogP contribution < -0.4 is 4.74 Å². The molecule has 1 saturated heterocycles. The van der Waals surface area contributed by atoms with E-state index in [9.17, 15) is 0 Å². The molecule has 0 atom stereocenters. The molecule has 0 N–H and O–H groups in total. The van der Waals surface area contributed by atoms with Crippen LogP contribution in [-0.2, 0) is 0 Å². The number of likely N-dealkylation sites (tertiary alicyclic amines) is 1. The van der Waals surface area contributed by atoms with Gasteiger partial charge in [0.15, 0.2) is 0 Å². The van der Waals surface area contributed by atoms with Crippen LogP contribution >= 0.6 is 0 Å². The van der Waals surface area contributed by atoms with Crippen LogP contribution in [0.15, 0.2) is 24.3 Å². The van der Waals surface area contributed by atoms with Gasteiger partial charge in [-0.2, -0.15) is 5.26 Å². The first-order chi connectivity index (χ1) is 8.90. The number of nitrogens with zero attached hydrogens (tertiary/aromatic N) is 2. The smallest absolute Gasteiger partial charge is 0.137 e. The van der Waals surface area contributed by atoms with Crippen molar-refractivity contribution in [1.29, 1.82) is 5.26 Å². The molecule has 1 aliphatic heterocycles. The van der Waals surface area contributed by atoms with Crippen molar-refractivity contribution in [3.63, 3.8) is 0 Å². The molecule has 0 bridgehead atoms. The van der Waals surface area contributed by atoms with Gasteiger partial charge in [0.05, 0.1) is 12.2 Å². The van der Waals surface area contributed by atoms with E-state index in [2.05, 4.69) is 11.0 Å². The topological polar surface area (TPSA) is 36.3 Å². The molecule has 1 aromatic carbocycles. The second-order valence-corrected chi connectivity index (χ2v) is 4.71. The Hall–Kier alpha value is -1.53. The van der Waals surface area contributed by atoms with E-state index in [1.54, 1.807) is 6.07 Å². The zero-order valence-electron chi connectivity index (χ0n) is 10.8. The van der Waals surface area contributed by atoms with Gasteiger partial charge in [0, 0.05) is 6.54 Å². The van der Waals surface area contributed by atoms with Crippen molar-refractivity contribution in [1.82, 2.24) is 4.90 Å². The zero-order valence-corrected chi connectivity index (χ0v) is 10.8. The number of nitriles is 1. The second-order valence-electron chi connectivity index (χ2n) is 4.71. The lowest BCUT2D eigenvalue weighted by atomic mass is 10.1. The Bertz CT molecular complexity index is 405. The molecule has 0 unspecified atom stereocenters. The van der Waals surface area contributed by atoms with Gasteiger partial charge in [0.2, 0.25) is 0 Å². The fourth-order valence-corrected chi connectivity index (χ4v) is 2.34. The Morgan fingerprint density at radius 2 is 1.94 bits per heavy atom. The average Bonchev–Trinajstić information content (AvgIpc) is 2.45. The van der Waals surface area contributed by atoms with E-state index < -0.39 is 0 Å². The normalized spacial score (nSPS) is 16.2. The highest BCUT2D eigenvalue weighted by atomic mass is 16.5. The molecular weight excluding hydrogens is 224 g/mol. The van der Waals surface area contributed by atoms with Crippen molar-refractivity contribution in [2.75, 3.05) is 26.2 Å². The van der Waals surface area contributed by atoms with E-state index >= 15 is 0 Å². The van der Waals surface area contributed by atoms with Crippen LogP contribution in [0.25, 0.3) is 0 Å². The van der Waals surface area contributed by atoms with Crippen molar-refractivity contribution >= 4 is 0 Å². The molecule has 3 heteroatoms. The summed E-state index contributed by atoms with van der Waals surface area (Å²) in [6.07, 6.45) is 5.07. The molecule has 96 valence electrons. The van der Waals surface area contributed by atoms with Gasteiger partial charge in [-0.3, -0.25) is 0 Å². The largest absolute Gasteiger partial charge is 0.492 e. The number of piperidine rings is 1. The summed E-state index contributed by atoms with van der Waals surface area (Å²) in [6.45, 7) is 4.26. The summed E-state index contributed by atoms with van der Waals surface area (Å²) in [6, 6.07) is 9.57. The first-order valence-corrected chi connectivity index (χ1v) is 6.74. The predicted molar refractivity (Wildman–Crippen MR) is 71.6 cm³/mol. The molecule has 0 spiro atoms. The second kappa shape index (κ2) is 7.03. The summed E-state index contributed by atoms with van der Waals surface area (Å²) in [5.41, 5.74) is 0.621. The Balaban J connectivity index is 1.70. The molecule has 3 nitrogen and oxygen atoms in total. The summed E-state index contributed by atoms with van der Waals surface area (Å²) in [5.74, 6) is 0.707. The molecule has 0 radical (unpaired) electrons. The van der Waals surface area contributed by atoms with E-state index in [0.29, 0.717) is 17.9 Å². The van der Waals surface area contributed by atoms with Crippen molar-refractivity contribution < 1.29 is 4.74 Å². The summed E-state index contributed by atoms with van der Waals surface area (Å²) in [5, 5.41) is 8.94. The molecule has 1 aliphatic rings. The van der Waals surface area contributed by atoms with Crippen LogP contribution in [0.2, 0.25) is 0 Å². The number of ether oxygens (including phenoxy) is 1. The summed E-state index contributed by atoms with van der Waals surface area (Å²) < 4.78 is 5.67. The lowest BCUT2D eigenvalue weighted by molar-refractivity contribution is 0.205. The van der Waals surface area contributed by atoms with Gasteiger partial charge in [0.1, 0.15) is 11.8 Å². The third-order valence-electron chi connectivity index (χ3n) is 3.33. The van der Waals surface area contributed by atoms with Crippen molar-refractivity contribution in [3.05, 3.63) is 29.8 Å². The van der Waals surface area contributed by atoms with E-state index in [0.717, 1.165) is 13.0 Å². The minimum absolute atomic E-state index is 0.621. The maximum Gasteiger partial charge on any atom is 0.137 e. The predicted octanol–water partition coefficient (Wildman–Crippen LogP) is 2.81. The van der Waals surface area contributed by atoms with Gasteiger partial charge in [-0.05, 0) is 44.5 Å². The highest BCUT2D eigenvalue weighted by Crippen LogP contribution is 2.16. The quantitative estimate of drug-likeness (QED) is 0.747. The van der Waals surface area contributed by atoms with Crippen LogP contribution in [0, 0.1) is 11.3 Å². The SMILES string of the molecule is N#Cc1ccccc1OCCCN1CCCCC1. The number of hydrogen-bond donors (Lipinski definition) is 0. The summed E-state index contributed by atoms with van der Waals surface area (Å²) in [4.78, 5) is 2.50. The fourth-order valence-electron chi connectivity index (χ4n) is 2.34. The molecule has 0 saturated carbocycles. The van der Waals surface area contributed by atoms with Gasteiger partial charge in [-0.25, -0.2) is 0 Å². The minimum Gasteiger partial charge on any atom is -0.492 e. The van der Waals surface area contributed by atoms with E-state index in [-0.39, 0.29) is 0 Å². The Labute approximate surface area is 109 Å². The number of hydrogen-bond acceptors (Lipinski definition) is 3. The van der Waals surface area contributed by atoms with Crippen molar-refractivity contribution in [3.8, 4) is 11.8 Å². The average molecular weight is 244 g/mol. The molecule has 0 aliphatic carbocycles. The monoisotopic (exact) mass is 244 g/mol. The summed E-state index contributed by atoms with van der Waals surface area (Å²) in [7, 11) is 0. The van der Waals surface area contributed by atoms with Crippen LogP contribution in [0.1, 0.15) is 31.2 Å². The van der Waals surface area contributed by atoms with Crippen LogP contribution in [0.4, 0.5) is 0 Å². The molecule has 1 fully saturated rings. The molecule has 1 heterocycles. The van der Waals surface area contributed by atoms with Crippen LogP contribution in [0.3, 0.4) is 0 Å². The highest BCUT2D eigenvalue weighted by molar-refractivity contribution is 5.42. The number of para-hydroxylation sites is 1. The van der Waals surface area contributed by atoms with E-state index in [1.165, 1.54) is 32.4 Å². The first kappa shape index (κ1) is 12.9. The Morgan fingerprint density at radius 1 is 1.17 bits per heavy atom. The third-order valence-corrected chi connectivity index (χ3v) is 3.33. The minimum atomic E-state index is 0.621. The fraction of sp³-hybridized carbons (Fsp3) is 0.533. The molecule has 1 aromatic rings. The molecular formula is C15H20N2O. The molecule has 0 amide bonds. The Kier molecular flexibility index (Phi) is 5.04. The van der Waals surface area contributed by atoms with E-state index in [1.807, 2.05) is 18.2 Å². The Morgan fingerprint density at radius 3 is 2.72 bits per heavy atom. The van der Waals surface area contributed by atoms with Crippen molar-refractivity contribution in [2.24, 2.45) is 0 Å².